The molecule has 0 amide bonds. The van der Waals surface area contributed by atoms with E-state index in [1.807, 2.05) is 30.3 Å². The minimum Gasteiger partial charge on any atom is -0.320 e. The van der Waals surface area contributed by atoms with Gasteiger partial charge in [0, 0.05) is 9.50 Å². The number of nitrogens with two attached hydrogens (primary N) is 1. The zero-order chi connectivity index (χ0) is 13.3. The first-order valence-electron chi connectivity index (χ1n) is 5.76. The molecule has 94 valence electrons. The molecular weight excluding hydrogens is 310 g/mol. The maximum Gasteiger partial charge on any atom is 0.0566 e. The molecule has 0 radical (unpaired) electrons. The first kappa shape index (κ1) is 13.6. The van der Waals surface area contributed by atoms with Gasteiger partial charge in [0.05, 0.1) is 6.04 Å². The number of rotatable bonds is 2. The van der Waals surface area contributed by atoms with Crippen molar-refractivity contribution in [2.45, 2.75) is 19.9 Å². The molecule has 1 atom stereocenters. The zero-order valence-corrected chi connectivity index (χ0v) is 12.7. The van der Waals surface area contributed by atoms with E-state index in [0.29, 0.717) is 0 Å². The summed E-state index contributed by atoms with van der Waals surface area (Å²) in [4.78, 5) is 0. The largest absolute Gasteiger partial charge is 0.320 e. The quantitative estimate of drug-likeness (QED) is 0.846. The van der Waals surface area contributed by atoms with Crippen LogP contribution in [0.1, 0.15) is 28.3 Å². The molecule has 18 heavy (non-hydrogen) atoms. The predicted octanol–water partition coefficient (Wildman–Crippen LogP) is 4.77. The standard InChI is InChI=1S/C15H15BrClN/c1-9-6-13(14(17)7-10(9)2)15(18)11-4-3-5-12(16)8-11/h3-8,15H,18H2,1-2H3. The van der Waals surface area contributed by atoms with Crippen LogP contribution in [0.2, 0.25) is 5.02 Å². The van der Waals surface area contributed by atoms with E-state index in [0.717, 1.165) is 20.6 Å². The third kappa shape index (κ3) is 2.77. The molecular formula is C15H15BrClN. The third-order valence-corrected chi connectivity index (χ3v) is 3.98. The second-order valence-electron chi connectivity index (χ2n) is 4.49. The van der Waals surface area contributed by atoms with Crippen molar-refractivity contribution in [3.05, 3.63) is 68.1 Å². The normalized spacial score (nSPS) is 12.5. The number of halogens is 2. The Hall–Kier alpha value is -0.830. The van der Waals surface area contributed by atoms with E-state index in [1.165, 1.54) is 11.1 Å². The van der Waals surface area contributed by atoms with Crippen LogP contribution in [-0.2, 0) is 0 Å². The average molecular weight is 325 g/mol. The lowest BCUT2D eigenvalue weighted by Crippen LogP contribution is -2.12. The Morgan fingerprint density at radius 3 is 2.44 bits per heavy atom. The van der Waals surface area contributed by atoms with Crippen LogP contribution in [0, 0.1) is 13.8 Å². The molecule has 1 unspecified atom stereocenters. The van der Waals surface area contributed by atoms with Crippen molar-refractivity contribution in [2.75, 3.05) is 0 Å². The summed E-state index contributed by atoms with van der Waals surface area (Å²) >= 11 is 9.75. The molecule has 1 nitrogen and oxygen atoms in total. The Morgan fingerprint density at radius 2 is 1.78 bits per heavy atom. The molecule has 0 aliphatic rings. The highest BCUT2D eigenvalue weighted by Crippen LogP contribution is 2.30. The smallest absolute Gasteiger partial charge is 0.0566 e. The van der Waals surface area contributed by atoms with Gasteiger partial charge in [0.25, 0.3) is 0 Å². The van der Waals surface area contributed by atoms with E-state index in [9.17, 15) is 0 Å². The maximum atomic E-state index is 6.30. The van der Waals surface area contributed by atoms with Crippen molar-refractivity contribution in [1.82, 2.24) is 0 Å². The van der Waals surface area contributed by atoms with Crippen LogP contribution in [0.15, 0.2) is 40.9 Å². The SMILES string of the molecule is Cc1cc(Cl)c(C(N)c2cccc(Br)c2)cc1C. The summed E-state index contributed by atoms with van der Waals surface area (Å²) < 4.78 is 1.02. The number of aryl methyl sites for hydroxylation is 2. The fourth-order valence-corrected chi connectivity index (χ4v) is 2.67. The summed E-state index contributed by atoms with van der Waals surface area (Å²) in [6.07, 6.45) is 0. The lowest BCUT2D eigenvalue weighted by Gasteiger charge is -2.16. The third-order valence-electron chi connectivity index (χ3n) is 3.16. The molecule has 2 rings (SSSR count). The van der Waals surface area contributed by atoms with E-state index in [-0.39, 0.29) is 6.04 Å². The highest BCUT2D eigenvalue weighted by Gasteiger charge is 2.14. The molecule has 0 fully saturated rings. The lowest BCUT2D eigenvalue weighted by atomic mass is 9.96. The van der Waals surface area contributed by atoms with Crippen LogP contribution in [0.5, 0.6) is 0 Å². The van der Waals surface area contributed by atoms with Gasteiger partial charge in [-0.3, -0.25) is 0 Å². The minimum atomic E-state index is -0.200. The van der Waals surface area contributed by atoms with Crippen molar-refractivity contribution in [1.29, 1.82) is 0 Å². The van der Waals surface area contributed by atoms with Gasteiger partial charge in [0.1, 0.15) is 0 Å². The van der Waals surface area contributed by atoms with Gasteiger partial charge in [-0.15, -0.1) is 0 Å². The molecule has 2 aromatic rings. The Bertz CT molecular complexity index is 581. The van der Waals surface area contributed by atoms with Gasteiger partial charge in [-0.2, -0.15) is 0 Å². The fourth-order valence-electron chi connectivity index (χ4n) is 1.92. The molecule has 2 aromatic carbocycles. The van der Waals surface area contributed by atoms with Crippen LogP contribution >= 0.6 is 27.5 Å². The molecule has 0 aliphatic heterocycles. The average Bonchev–Trinajstić information content (AvgIpc) is 2.33. The van der Waals surface area contributed by atoms with Gasteiger partial charge in [-0.25, -0.2) is 0 Å². The van der Waals surface area contributed by atoms with Gasteiger partial charge in [0.2, 0.25) is 0 Å². The van der Waals surface area contributed by atoms with E-state index >= 15 is 0 Å². The molecule has 2 N–H and O–H groups in total. The van der Waals surface area contributed by atoms with Crippen molar-refractivity contribution in [3.8, 4) is 0 Å². The van der Waals surface area contributed by atoms with E-state index < -0.39 is 0 Å². The lowest BCUT2D eigenvalue weighted by molar-refractivity contribution is 0.868. The van der Waals surface area contributed by atoms with E-state index in [2.05, 4.69) is 35.8 Å². The second-order valence-corrected chi connectivity index (χ2v) is 5.81. The first-order chi connectivity index (χ1) is 8.49. The first-order valence-corrected chi connectivity index (χ1v) is 6.94. The number of hydrogen-bond acceptors (Lipinski definition) is 1. The highest BCUT2D eigenvalue weighted by molar-refractivity contribution is 9.10. The number of benzene rings is 2. The number of hydrogen-bond donors (Lipinski definition) is 1. The van der Waals surface area contributed by atoms with Crippen LogP contribution in [0.4, 0.5) is 0 Å². The monoisotopic (exact) mass is 323 g/mol. The van der Waals surface area contributed by atoms with E-state index in [1.54, 1.807) is 0 Å². The molecule has 0 spiro atoms. The van der Waals surface area contributed by atoms with Crippen molar-refractivity contribution in [3.63, 3.8) is 0 Å². The van der Waals surface area contributed by atoms with Gasteiger partial charge in [-0.05, 0) is 54.3 Å². The molecule has 0 heterocycles. The summed E-state index contributed by atoms with van der Waals surface area (Å²) in [5.74, 6) is 0. The van der Waals surface area contributed by atoms with Crippen LogP contribution in [0.25, 0.3) is 0 Å². The van der Waals surface area contributed by atoms with Gasteiger partial charge >= 0.3 is 0 Å². The van der Waals surface area contributed by atoms with Crippen LogP contribution in [-0.4, -0.2) is 0 Å². The van der Waals surface area contributed by atoms with E-state index in [4.69, 9.17) is 17.3 Å². The summed E-state index contributed by atoms with van der Waals surface area (Å²) in [7, 11) is 0. The molecule has 3 heteroatoms. The molecule has 0 bridgehead atoms. The topological polar surface area (TPSA) is 26.0 Å². The predicted molar refractivity (Wildman–Crippen MR) is 81.1 cm³/mol. The Morgan fingerprint density at radius 1 is 1.11 bits per heavy atom. The molecule has 0 aliphatic carbocycles. The zero-order valence-electron chi connectivity index (χ0n) is 10.4. The van der Waals surface area contributed by atoms with Crippen molar-refractivity contribution < 1.29 is 0 Å². The highest BCUT2D eigenvalue weighted by atomic mass is 79.9. The maximum absolute atomic E-state index is 6.30. The van der Waals surface area contributed by atoms with Crippen LogP contribution < -0.4 is 5.73 Å². The Labute approximate surface area is 121 Å². The van der Waals surface area contributed by atoms with Crippen molar-refractivity contribution >= 4 is 27.5 Å². The second kappa shape index (κ2) is 5.43. The van der Waals surface area contributed by atoms with Gasteiger partial charge in [-0.1, -0.05) is 45.7 Å². The molecule has 0 aromatic heterocycles. The molecule has 0 saturated heterocycles. The summed E-state index contributed by atoms with van der Waals surface area (Å²) in [6, 6.07) is 11.9. The Kier molecular flexibility index (Phi) is 4.10. The minimum absolute atomic E-state index is 0.200. The summed E-state index contributed by atoms with van der Waals surface area (Å²) in [6.45, 7) is 4.12. The molecule has 0 saturated carbocycles. The van der Waals surface area contributed by atoms with Gasteiger partial charge < -0.3 is 5.73 Å². The fraction of sp³-hybridized carbons (Fsp3) is 0.200. The summed E-state index contributed by atoms with van der Waals surface area (Å²) in [5.41, 5.74) is 10.7. The van der Waals surface area contributed by atoms with Crippen molar-refractivity contribution in [2.24, 2.45) is 5.73 Å². The van der Waals surface area contributed by atoms with Crippen LogP contribution in [0.3, 0.4) is 0 Å². The van der Waals surface area contributed by atoms with Gasteiger partial charge in [0.15, 0.2) is 0 Å². The Balaban J connectivity index is 2.46. The summed E-state index contributed by atoms with van der Waals surface area (Å²) in [5, 5.41) is 0.727.